The van der Waals surface area contributed by atoms with E-state index < -0.39 is 0 Å². The molecule has 3 heteroatoms. The van der Waals surface area contributed by atoms with Gasteiger partial charge >= 0.3 is 5.97 Å². The Balaban J connectivity index is 2.65. The van der Waals surface area contributed by atoms with Gasteiger partial charge in [-0.25, -0.2) is 4.79 Å². The molecule has 3 nitrogen and oxygen atoms in total. The lowest BCUT2D eigenvalue weighted by atomic mass is 10.1. The average molecular weight is 249 g/mol. The summed E-state index contributed by atoms with van der Waals surface area (Å²) in [5.74, 6) is 0.374. The maximum absolute atomic E-state index is 11.4. The zero-order chi connectivity index (χ0) is 13.5. The molecule has 0 saturated heterocycles. The lowest BCUT2D eigenvalue weighted by Gasteiger charge is -2.14. The van der Waals surface area contributed by atoms with Crippen molar-refractivity contribution in [1.82, 2.24) is 0 Å². The van der Waals surface area contributed by atoms with Gasteiger partial charge in [0.05, 0.1) is 12.7 Å². The van der Waals surface area contributed by atoms with Gasteiger partial charge in [-0.05, 0) is 43.0 Å². The fourth-order valence-corrected chi connectivity index (χ4v) is 1.99. The van der Waals surface area contributed by atoms with Crippen LogP contribution in [0.25, 0.3) is 0 Å². The van der Waals surface area contributed by atoms with Crippen LogP contribution in [-0.2, 0) is 4.74 Å². The second-order valence-corrected chi connectivity index (χ2v) is 4.80. The number of rotatable bonds is 6. The molecule has 0 radical (unpaired) electrons. The number of nitrogens with one attached hydrogen (secondary N) is 1. The third-order valence-electron chi connectivity index (χ3n) is 3.07. The molecule has 0 aliphatic carbocycles. The van der Waals surface area contributed by atoms with Crippen LogP contribution in [0.15, 0.2) is 18.2 Å². The van der Waals surface area contributed by atoms with Gasteiger partial charge in [0, 0.05) is 12.2 Å². The van der Waals surface area contributed by atoms with E-state index in [-0.39, 0.29) is 5.97 Å². The Morgan fingerprint density at radius 2 is 2.17 bits per heavy atom. The summed E-state index contributed by atoms with van der Waals surface area (Å²) < 4.78 is 4.70. The van der Waals surface area contributed by atoms with Crippen LogP contribution in [-0.4, -0.2) is 19.6 Å². The zero-order valence-electron chi connectivity index (χ0n) is 11.7. The summed E-state index contributed by atoms with van der Waals surface area (Å²) in [6, 6.07) is 5.60. The molecule has 18 heavy (non-hydrogen) atoms. The van der Waals surface area contributed by atoms with E-state index in [1.54, 1.807) is 6.07 Å². The molecule has 0 heterocycles. The van der Waals surface area contributed by atoms with Gasteiger partial charge in [-0.15, -0.1) is 0 Å². The highest BCUT2D eigenvalue weighted by Gasteiger charge is 2.08. The first-order valence-electron chi connectivity index (χ1n) is 6.51. The molecule has 0 fully saturated rings. The van der Waals surface area contributed by atoms with Crippen molar-refractivity contribution in [3.63, 3.8) is 0 Å². The number of benzene rings is 1. The van der Waals surface area contributed by atoms with Crippen LogP contribution in [0.4, 0.5) is 5.69 Å². The average Bonchev–Trinajstić information content (AvgIpc) is 2.36. The van der Waals surface area contributed by atoms with Gasteiger partial charge in [0.25, 0.3) is 0 Å². The Labute approximate surface area is 110 Å². The van der Waals surface area contributed by atoms with Crippen molar-refractivity contribution in [3.8, 4) is 0 Å². The lowest BCUT2D eigenvalue weighted by molar-refractivity contribution is 0.0600. The predicted molar refractivity (Wildman–Crippen MR) is 75.1 cm³/mol. The number of esters is 1. The zero-order valence-corrected chi connectivity index (χ0v) is 11.7. The molecule has 0 amide bonds. The molecule has 1 N–H and O–H groups in total. The first-order valence-corrected chi connectivity index (χ1v) is 6.51. The first-order chi connectivity index (χ1) is 8.58. The highest BCUT2D eigenvalue weighted by Crippen LogP contribution is 2.18. The first kappa shape index (κ1) is 14.6. The van der Waals surface area contributed by atoms with E-state index in [4.69, 9.17) is 4.74 Å². The van der Waals surface area contributed by atoms with E-state index in [1.807, 2.05) is 19.1 Å². The van der Waals surface area contributed by atoms with E-state index in [9.17, 15) is 4.79 Å². The Morgan fingerprint density at radius 1 is 1.44 bits per heavy atom. The summed E-state index contributed by atoms with van der Waals surface area (Å²) in [6.07, 6.45) is 2.44. The quantitative estimate of drug-likeness (QED) is 0.782. The van der Waals surface area contributed by atoms with E-state index in [0.717, 1.165) is 17.8 Å². The maximum atomic E-state index is 11.4. The number of anilines is 1. The van der Waals surface area contributed by atoms with Gasteiger partial charge in [0.1, 0.15) is 0 Å². The number of ether oxygens (including phenoxy) is 1. The summed E-state index contributed by atoms with van der Waals surface area (Å²) in [5, 5.41) is 3.43. The van der Waals surface area contributed by atoms with Gasteiger partial charge in [-0.1, -0.05) is 20.3 Å². The highest BCUT2D eigenvalue weighted by atomic mass is 16.5. The minimum atomic E-state index is -0.288. The van der Waals surface area contributed by atoms with Crippen molar-refractivity contribution in [3.05, 3.63) is 29.3 Å². The number of hydrogen-bond donors (Lipinski definition) is 1. The topological polar surface area (TPSA) is 38.3 Å². The van der Waals surface area contributed by atoms with Crippen LogP contribution >= 0.6 is 0 Å². The largest absolute Gasteiger partial charge is 0.465 e. The second-order valence-electron chi connectivity index (χ2n) is 4.80. The Morgan fingerprint density at radius 3 is 2.72 bits per heavy atom. The van der Waals surface area contributed by atoms with Crippen LogP contribution in [0.5, 0.6) is 0 Å². The summed E-state index contributed by atoms with van der Waals surface area (Å²) in [5.41, 5.74) is 2.76. The van der Waals surface area contributed by atoms with Gasteiger partial charge < -0.3 is 10.1 Å². The molecule has 100 valence electrons. The van der Waals surface area contributed by atoms with Crippen molar-refractivity contribution in [2.75, 3.05) is 19.0 Å². The Hall–Kier alpha value is -1.51. The molecular weight excluding hydrogens is 226 g/mol. The van der Waals surface area contributed by atoms with Gasteiger partial charge in [0.2, 0.25) is 0 Å². The molecule has 0 spiro atoms. The van der Waals surface area contributed by atoms with E-state index in [0.29, 0.717) is 11.5 Å². The SMILES string of the molecule is CCCC(C)CNc1ccc(C(=O)OC)cc1C. The monoisotopic (exact) mass is 249 g/mol. The third-order valence-corrected chi connectivity index (χ3v) is 3.07. The van der Waals surface area contributed by atoms with Crippen molar-refractivity contribution < 1.29 is 9.53 Å². The maximum Gasteiger partial charge on any atom is 0.337 e. The summed E-state index contributed by atoms with van der Waals surface area (Å²) in [6.45, 7) is 7.41. The molecule has 1 aromatic rings. The Bertz CT molecular complexity index is 401. The molecule has 1 atom stereocenters. The molecule has 1 aromatic carbocycles. The van der Waals surface area contributed by atoms with Gasteiger partial charge in [0.15, 0.2) is 0 Å². The van der Waals surface area contributed by atoms with Crippen molar-refractivity contribution in [2.24, 2.45) is 5.92 Å². The molecule has 0 aliphatic heterocycles. The standard InChI is InChI=1S/C15H23NO2/c1-5-6-11(2)10-16-14-8-7-13(9-12(14)3)15(17)18-4/h7-9,11,16H,5-6,10H2,1-4H3. The third kappa shape index (κ3) is 4.06. The van der Waals surface area contributed by atoms with Gasteiger partial charge in [-0.2, -0.15) is 0 Å². The molecular formula is C15H23NO2. The van der Waals surface area contributed by atoms with Gasteiger partial charge in [-0.3, -0.25) is 0 Å². The van der Waals surface area contributed by atoms with Crippen LogP contribution in [0.3, 0.4) is 0 Å². The molecule has 0 aromatic heterocycles. The smallest absolute Gasteiger partial charge is 0.337 e. The van der Waals surface area contributed by atoms with Crippen LogP contribution < -0.4 is 5.32 Å². The summed E-state index contributed by atoms with van der Waals surface area (Å²) >= 11 is 0. The fourth-order valence-electron chi connectivity index (χ4n) is 1.99. The molecule has 1 rings (SSSR count). The number of hydrogen-bond acceptors (Lipinski definition) is 3. The van der Waals surface area contributed by atoms with E-state index >= 15 is 0 Å². The predicted octanol–water partition coefficient (Wildman–Crippen LogP) is 3.63. The number of aryl methyl sites for hydroxylation is 1. The highest BCUT2D eigenvalue weighted by molar-refractivity contribution is 5.90. The fraction of sp³-hybridized carbons (Fsp3) is 0.533. The normalized spacial score (nSPS) is 12.0. The van der Waals surface area contributed by atoms with Crippen molar-refractivity contribution in [2.45, 2.75) is 33.6 Å². The minimum absolute atomic E-state index is 0.288. The number of carbonyl (C=O) groups is 1. The van der Waals surface area contributed by atoms with Crippen LogP contribution in [0.2, 0.25) is 0 Å². The van der Waals surface area contributed by atoms with Crippen LogP contribution in [0.1, 0.15) is 42.6 Å². The second kappa shape index (κ2) is 7.04. The Kier molecular flexibility index (Phi) is 5.69. The van der Waals surface area contributed by atoms with Crippen molar-refractivity contribution in [1.29, 1.82) is 0 Å². The van der Waals surface area contributed by atoms with Crippen LogP contribution in [0, 0.1) is 12.8 Å². The molecule has 0 bridgehead atoms. The van der Waals surface area contributed by atoms with Crippen molar-refractivity contribution >= 4 is 11.7 Å². The van der Waals surface area contributed by atoms with E-state index in [1.165, 1.54) is 20.0 Å². The minimum Gasteiger partial charge on any atom is -0.465 e. The van der Waals surface area contributed by atoms with E-state index in [2.05, 4.69) is 19.2 Å². The number of methoxy groups -OCH3 is 1. The molecule has 1 unspecified atom stereocenters. The summed E-state index contributed by atoms with van der Waals surface area (Å²) in [4.78, 5) is 11.4. The molecule has 0 saturated carbocycles. The molecule has 0 aliphatic rings. The lowest BCUT2D eigenvalue weighted by Crippen LogP contribution is -2.12. The number of carbonyl (C=O) groups excluding carboxylic acids is 1. The summed E-state index contributed by atoms with van der Waals surface area (Å²) in [7, 11) is 1.40.